The monoisotopic (exact) mass is 399 g/mol. The molecule has 0 aliphatic heterocycles. The summed E-state index contributed by atoms with van der Waals surface area (Å²) < 4.78 is 15.2. The molecule has 0 aliphatic carbocycles. The normalized spacial score (nSPS) is 11.1. The molecule has 3 aromatic heterocycles. The number of fused-ring (bicyclic) bond motifs is 1. The summed E-state index contributed by atoms with van der Waals surface area (Å²) in [6.07, 6.45) is 5.30. The molecule has 0 saturated carbocycles. The highest BCUT2D eigenvalue weighted by molar-refractivity contribution is 9.10. The molecule has 0 atom stereocenters. The van der Waals surface area contributed by atoms with Crippen molar-refractivity contribution in [2.75, 3.05) is 5.73 Å². The van der Waals surface area contributed by atoms with Gasteiger partial charge in [0.15, 0.2) is 11.5 Å². The summed E-state index contributed by atoms with van der Waals surface area (Å²) in [5.74, 6) is 0.420. The Morgan fingerprint density at radius 2 is 1.92 bits per heavy atom. The van der Waals surface area contributed by atoms with Gasteiger partial charge < -0.3 is 5.73 Å². The topological polar surface area (TPSA) is 94.9 Å². The Morgan fingerprint density at radius 3 is 2.64 bits per heavy atom. The third kappa shape index (κ3) is 2.93. The van der Waals surface area contributed by atoms with E-state index < -0.39 is 0 Å². The average molecular weight is 400 g/mol. The van der Waals surface area contributed by atoms with Gasteiger partial charge in [-0.25, -0.2) is 14.4 Å². The molecular formula is C16H11BrFN7. The van der Waals surface area contributed by atoms with Crippen LogP contribution in [0.2, 0.25) is 0 Å². The Kier molecular flexibility index (Phi) is 3.85. The van der Waals surface area contributed by atoms with Gasteiger partial charge in [0.2, 0.25) is 5.95 Å². The SMILES string of the molecule is Nc1nc(-c2ccc(F)cc2)c(Br)c2nc(Cc3cnccn3)nn12. The molecule has 0 bridgehead atoms. The predicted octanol–water partition coefficient (Wildman–Crippen LogP) is 2.66. The van der Waals surface area contributed by atoms with Crippen LogP contribution in [0.3, 0.4) is 0 Å². The van der Waals surface area contributed by atoms with Crippen LogP contribution in [0.15, 0.2) is 47.3 Å². The minimum Gasteiger partial charge on any atom is -0.368 e. The van der Waals surface area contributed by atoms with Gasteiger partial charge >= 0.3 is 0 Å². The first-order valence-electron chi connectivity index (χ1n) is 7.33. The summed E-state index contributed by atoms with van der Waals surface area (Å²) in [4.78, 5) is 17.1. The summed E-state index contributed by atoms with van der Waals surface area (Å²) in [6.45, 7) is 0. The molecule has 0 amide bonds. The van der Waals surface area contributed by atoms with Crippen LogP contribution in [-0.2, 0) is 6.42 Å². The summed E-state index contributed by atoms with van der Waals surface area (Å²) in [5.41, 5.74) is 8.60. The lowest BCUT2D eigenvalue weighted by Crippen LogP contribution is -2.04. The first-order valence-corrected chi connectivity index (χ1v) is 8.12. The Labute approximate surface area is 149 Å². The van der Waals surface area contributed by atoms with Crippen LogP contribution >= 0.6 is 15.9 Å². The van der Waals surface area contributed by atoms with Gasteiger partial charge in [0.25, 0.3) is 0 Å². The lowest BCUT2D eigenvalue weighted by Gasteiger charge is -2.06. The third-order valence-electron chi connectivity index (χ3n) is 3.57. The van der Waals surface area contributed by atoms with E-state index in [1.165, 1.54) is 16.6 Å². The number of nitrogens with two attached hydrogens (primary N) is 1. The highest BCUT2D eigenvalue weighted by Crippen LogP contribution is 2.30. The van der Waals surface area contributed by atoms with Crippen molar-refractivity contribution in [1.82, 2.24) is 29.5 Å². The Bertz CT molecular complexity index is 1050. The van der Waals surface area contributed by atoms with Gasteiger partial charge in [-0.15, -0.1) is 5.10 Å². The van der Waals surface area contributed by atoms with E-state index in [0.29, 0.717) is 28.1 Å². The number of hydrogen-bond acceptors (Lipinski definition) is 6. The number of aromatic nitrogens is 6. The fraction of sp³-hybridized carbons (Fsp3) is 0.0625. The van der Waals surface area contributed by atoms with Crippen molar-refractivity contribution < 1.29 is 4.39 Å². The van der Waals surface area contributed by atoms with Crippen LogP contribution in [0.4, 0.5) is 10.3 Å². The minimum absolute atomic E-state index is 0.190. The van der Waals surface area contributed by atoms with Gasteiger partial charge in [-0.05, 0) is 40.2 Å². The quantitative estimate of drug-likeness (QED) is 0.568. The zero-order valence-electron chi connectivity index (χ0n) is 12.8. The second kappa shape index (κ2) is 6.17. The van der Waals surface area contributed by atoms with Gasteiger partial charge in [-0.2, -0.15) is 4.52 Å². The maximum atomic E-state index is 13.2. The zero-order chi connectivity index (χ0) is 17.4. The first-order chi connectivity index (χ1) is 12.1. The lowest BCUT2D eigenvalue weighted by molar-refractivity contribution is 0.628. The lowest BCUT2D eigenvalue weighted by atomic mass is 10.1. The molecule has 0 unspecified atom stereocenters. The van der Waals surface area contributed by atoms with Gasteiger partial charge in [-0.3, -0.25) is 9.97 Å². The molecule has 3 heterocycles. The van der Waals surface area contributed by atoms with Crippen molar-refractivity contribution in [3.8, 4) is 11.3 Å². The molecule has 2 N–H and O–H groups in total. The molecule has 124 valence electrons. The van der Waals surface area contributed by atoms with Crippen LogP contribution in [0.1, 0.15) is 11.5 Å². The molecule has 4 rings (SSSR count). The number of nitrogen functional groups attached to an aromatic ring is 1. The highest BCUT2D eigenvalue weighted by Gasteiger charge is 2.17. The van der Waals surface area contributed by atoms with E-state index in [1.807, 2.05) is 0 Å². The van der Waals surface area contributed by atoms with E-state index in [9.17, 15) is 4.39 Å². The summed E-state index contributed by atoms with van der Waals surface area (Å²) in [7, 11) is 0. The first kappa shape index (κ1) is 15.6. The van der Waals surface area contributed by atoms with E-state index >= 15 is 0 Å². The van der Waals surface area contributed by atoms with Crippen molar-refractivity contribution in [2.45, 2.75) is 6.42 Å². The van der Waals surface area contributed by atoms with Gasteiger partial charge in [0.05, 0.1) is 22.3 Å². The molecule has 25 heavy (non-hydrogen) atoms. The Morgan fingerprint density at radius 1 is 1.12 bits per heavy atom. The largest absolute Gasteiger partial charge is 0.368 e. The van der Waals surface area contributed by atoms with E-state index in [4.69, 9.17) is 5.73 Å². The number of nitrogens with zero attached hydrogens (tertiary/aromatic N) is 6. The van der Waals surface area contributed by atoms with Crippen molar-refractivity contribution in [2.24, 2.45) is 0 Å². The maximum absolute atomic E-state index is 13.2. The number of halogens is 2. The minimum atomic E-state index is -0.317. The molecular weight excluding hydrogens is 389 g/mol. The van der Waals surface area contributed by atoms with E-state index in [0.717, 1.165) is 11.3 Å². The molecule has 0 aliphatic rings. The van der Waals surface area contributed by atoms with Crippen molar-refractivity contribution in [3.63, 3.8) is 0 Å². The Hall–Kier alpha value is -2.94. The summed E-state index contributed by atoms with van der Waals surface area (Å²) >= 11 is 3.51. The van der Waals surface area contributed by atoms with Crippen molar-refractivity contribution >= 4 is 27.5 Å². The summed E-state index contributed by atoms with van der Waals surface area (Å²) in [5, 5.41) is 4.38. The number of benzene rings is 1. The predicted molar refractivity (Wildman–Crippen MR) is 93.1 cm³/mol. The molecule has 0 fully saturated rings. The van der Waals surface area contributed by atoms with Gasteiger partial charge in [0.1, 0.15) is 5.82 Å². The molecule has 0 radical (unpaired) electrons. The van der Waals surface area contributed by atoms with E-state index in [1.54, 1.807) is 30.7 Å². The number of rotatable bonds is 3. The second-order valence-corrected chi connectivity index (χ2v) is 6.07. The number of hydrogen-bond donors (Lipinski definition) is 1. The van der Waals surface area contributed by atoms with Crippen molar-refractivity contribution in [3.05, 3.63) is 64.7 Å². The fourth-order valence-corrected chi connectivity index (χ4v) is 3.00. The number of anilines is 1. The molecule has 1 aromatic carbocycles. The molecule has 0 spiro atoms. The molecule has 0 saturated heterocycles. The van der Waals surface area contributed by atoms with Crippen molar-refractivity contribution in [1.29, 1.82) is 0 Å². The van der Waals surface area contributed by atoms with E-state index in [2.05, 4.69) is 41.0 Å². The third-order valence-corrected chi connectivity index (χ3v) is 4.30. The van der Waals surface area contributed by atoms with Crippen LogP contribution in [-0.4, -0.2) is 29.5 Å². The van der Waals surface area contributed by atoms with Crippen LogP contribution < -0.4 is 5.73 Å². The standard InChI is InChI=1S/C16H11BrFN7/c17-13-14(9-1-3-10(18)4-2-9)23-16(19)25-15(13)22-12(24-25)7-11-8-20-5-6-21-11/h1-6,8H,7H2,(H2,19,23). The fourth-order valence-electron chi connectivity index (χ4n) is 2.43. The smallest absolute Gasteiger partial charge is 0.223 e. The molecule has 9 heteroatoms. The maximum Gasteiger partial charge on any atom is 0.223 e. The zero-order valence-corrected chi connectivity index (χ0v) is 14.4. The Balaban J connectivity index is 1.81. The van der Waals surface area contributed by atoms with Crippen LogP contribution in [0.5, 0.6) is 0 Å². The molecule has 4 aromatic rings. The average Bonchev–Trinajstić information content (AvgIpc) is 3.04. The van der Waals surface area contributed by atoms with Gasteiger partial charge in [-0.1, -0.05) is 0 Å². The van der Waals surface area contributed by atoms with Gasteiger partial charge in [0, 0.05) is 24.2 Å². The highest BCUT2D eigenvalue weighted by atomic mass is 79.9. The summed E-state index contributed by atoms with van der Waals surface area (Å²) in [6, 6.07) is 6.00. The van der Waals surface area contributed by atoms with Crippen LogP contribution in [0.25, 0.3) is 16.9 Å². The molecule has 7 nitrogen and oxygen atoms in total. The van der Waals surface area contributed by atoms with E-state index in [-0.39, 0.29) is 11.8 Å². The second-order valence-electron chi connectivity index (χ2n) is 5.28. The van der Waals surface area contributed by atoms with Crippen LogP contribution in [0, 0.1) is 5.82 Å².